The number of nitrogens with zero attached hydrogens (tertiary/aromatic N) is 3. The first-order valence-electron chi connectivity index (χ1n) is 13.4. The maximum atomic E-state index is 12.5. The molecule has 2 heterocycles. The first-order chi connectivity index (χ1) is 18.7. The van der Waals surface area contributed by atoms with Crippen LogP contribution in [0.3, 0.4) is 0 Å². The second-order valence-electron chi connectivity index (χ2n) is 12.6. The second kappa shape index (κ2) is 10.8. The highest BCUT2D eigenvalue weighted by atomic mass is 28.3. The molecule has 0 fully saturated rings. The number of benzene rings is 2. The van der Waals surface area contributed by atoms with Crippen molar-refractivity contribution in [3.05, 3.63) is 64.5 Å². The molecule has 0 aliphatic carbocycles. The Labute approximate surface area is 236 Å². The van der Waals surface area contributed by atoms with Gasteiger partial charge in [0.05, 0.1) is 35.5 Å². The summed E-state index contributed by atoms with van der Waals surface area (Å²) >= 11 is 0. The minimum absolute atomic E-state index is 0.204. The Morgan fingerprint density at radius 1 is 1.15 bits per heavy atom. The molecule has 0 bridgehead atoms. The van der Waals surface area contributed by atoms with Crippen molar-refractivity contribution in [3.8, 4) is 11.8 Å². The summed E-state index contributed by atoms with van der Waals surface area (Å²) in [5.74, 6) is 0.467. The molecule has 0 saturated carbocycles. The van der Waals surface area contributed by atoms with Crippen molar-refractivity contribution in [2.45, 2.75) is 71.6 Å². The molecule has 2 N–H and O–H groups in total. The van der Waals surface area contributed by atoms with Crippen molar-refractivity contribution < 1.29 is 24.5 Å². The number of hydrogen-bond donors (Lipinski definition) is 2. The van der Waals surface area contributed by atoms with Crippen LogP contribution in [0.4, 0.5) is 4.79 Å². The normalized spacial score (nSPS) is 13.1. The van der Waals surface area contributed by atoms with Gasteiger partial charge in [0.15, 0.2) is 0 Å². The molecule has 4 rings (SSSR count). The third-order valence-electron chi connectivity index (χ3n) is 7.29. The molecule has 0 radical (unpaired) electrons. The van der Waals surface area contributed by atoms with Crippen molar-refractivity contribution in [3.63, 3.8) is 0 Å². The Morgan fingerprint density at radius 3 is 2.42 bits per heavy atom. The number of aliphatic hydroxyl groups is 1. The lowest BCUT2D eigenvalue weighted by Gasteiger charge is -2.21. The van der Waals surface area contributed by atoms with E-state index in [1.54, 1.807) is 25.3 Å². The summed E-state index contributed by atoms with van der Waals surface area (Å²) < 4.78 is 15.1. The zero-order valence-electron chi connectivity index (χ0n) is 24.6. The molecular weight excluding hydrogens is 522 g/mol. The Hall–Kier alpha value is -3.58. The van der Waals surface area contributed by atoms with Crippen molar-refractivity contribution in [1.29, 1.82) is 5.26 Å². The summed E-state index contributed by atoms with van der Waals surface area (Å²) in [6, 6.07) is 14.1. The number of ether oxygens (including phenoxy) is 2. The Balaban J connectivity index is 1.95. The van der Waals surface area contributed by atoms with Gasteiger partial charge in [-0.2, -0.15) is 5.26 Å². The van der Waals surface area contributed by atoms with Gasteiger partial charge in [-0.25, -0.2) is 9.36 Å². The van der Waals surface area contributed by atoms with Crippen LogP contribution in [0.25, 0.3) is 21.8 Å². The first-order valence-corrected chi connectivity index (χ1v) is 17.1. The number of fused-ring (bicyclic) bond motifs is 2. The molecule has 1 unspecified atom stereocenters. The molecule has 0 saturated heterocycles. The lowest BCUT2D eigenvalue weighted by molar-refractivity contribution is 0.0826. The summed E-state index contributed by atoms with van der Waals surface area (Å²) in [4.78, 5) is 12.5. The van der Waals surface area contributed by atoms with Gasteiger partial charge in [-0.15, -0.1) is 0 Å². The third kappa shape index (κ3) is 5.52. The zero-order valence-corrected chi connectivity index (χ0v) is 25.6. The van der Waals surface area contributed by atoms with Gasteiger partial charge in [0.2, 0.25) is 0 Å². The highest BCUT2D eigenvalue weighted by Crippen LogP contribution is 2.42. The van der Waals surface area contributed by atoms with Crippen LogP contribution in [0.15, 0.2) is 36.4 Å². The predicted octanol–water partition coefficient (Wildman–Crippen LogP) is 7.00. The van der Waals surface area contributed by atoms with Crippen LogP contribution < -0.4 is 4.74 Å². The first kappa shape index (κ1) is 29.4. The largest absolute Gasteiger partial charge is 0.496 e. The highest BCUT2D eigenvalue weighted by Gasteiger charge is 2.31. The number of carbonyl (C=O) groups is 1. The molecule has 2 aromatic heterocycles. The van der Waals surface area contributed by atoms with E-state index in [9.17, 15) is 20.3 Å². The Bertz CT molecular complexity index is 1630. The molecule has 212 valence electrons. The average molecular weight is 562 g/mol. The smallest absolute Gasteiger partial charge is 0.416 e. The van der Waals surface area contributed by atoms with Crippen LogP contribution >= 0.6 is 0 Å². The summed E-state index contributed by atoms with van der Waals surface area (Å²) in [5, 5.41) is 33.3. The zero-order chi connectivity index (χ0) is 29.6. The molecule has 4 aromatic rings. The summed E-state index contributed by atoms with van der Waals surface area (Å²) in [5.41, 5.74) is 3.76. The highest BCUT2D eigenvalue weighted by molar-refractivity contribution is 6.76. The van der Waals surface area contributed by atoms with Crippen LogP contribution in [0.5, 0.6) is 5.75 Å². The lowest BCUT2D eigenvalue weighted by atomic mass is 9.91. The van der Waals surface area contributed by atoms with Crippen LogP contribution in [0.2, 0.25) is 25.7 Å². The van der Waals surface area contributed by atoms with E-state index in [2.05, 4.69) is 25.7 Å². The molecule has 0 aliphatic heterocycles. The Morgan fingerprint density at radius 2 is 1.85 bits per heavy atom. The van der Waals surface area contributed by atoms with E-state index in [0.717, 1.165) is 22.5 Å². The van der Waals surface area contributed by atoms with Crippen molar-refractivity contribution in [1.82, 2.24) is 9.13 Å². The number of aromatic nitrogens is 2. The van der Waals surface area contributed by atoms with E-state index < -0.39 is 25.7 Å². The fourth-order valence-corrected chi connectivity index (χ4v) is 5.94. The van der Waals surface area contributed by atoms with Gasteiger partial charge in [-0.1, -0.05) is 46.5 Å². The molecule has 8 nitrogen and oxygen atoms in total. The van der Waals surface area contributed by atoms with Crippen LogP contribution in [-0.4, -0.2) is 47.2 Å². The number of rotatable bonds is 8. The molecule has 0 aliphatic rings. The number of aryl methyl sites for hydroxylation is 1. The quantitative estimate of drug-likeness (QED) is 0.177. The fourth-order valence-electron chi connectivity index (χ4n) is 5.18. The van der Waals surface area contributed by atoms with Crippen LogP contribution in [-0.2, 0) is 16.9 Å². The Kier molecular flexibility index (Phi) is 7.91. The van der Waals surface area contributed by atoms with Gasteiger partial charge >= 0.3 is 6.09 Å². The molecular formula is C31H39N3O5Si. The van der Waals surface area contributed by atoms with Gasteiger partial charge in [0.25, 0.3) is 0 Å². The molecule has 1 atom stereocenters. The average Bonchev–Trinajstić information content (AvgIpc) is 3.45. The summed E-state index contributed by atoms with van der Waals surface area (Å²) in [6.45, 7) is 15.4. The van der Waals surface area contributed by atoms with E-state index in [1.165, 1.54) is 4.57 Å². The number of carboxylic acid groups (broad SMARTS) is 1. The van der Waals surface area contributed by atoms with Crippen molar-refractivity contribution >= 4 is 36.0 Å². The minimum atomic E-state index is -1.31. The third-order valence-corrected chi connectivity index (χ3v) is 9.00. The molecule has 9 heteroatoms. The van der Waals surface area contributed by atoms with E-state index in [4.69, 9.17) is 9.47 Å². The van der Waals surface area contributed by atoms with Crippen LogP contribution in [0.1, 0.15) is 55.0 Å². The SMILES string of the molecule is COc1cc(C)c2c(cc(C(C)(C)C)n2C(=O)O)c1C(O)c1cc2ccc(C#N)cc2n1COCC[Si](C)(C)C. The van der Waals surface area contributed by atoms with Crippen molar-refractivity contribution in [2.24, 2.45) is 0 Å². The predicted molar refractivity (Wildman–Crippen MR) is 160 cm³/mol. The van der Waals surface area contributed by atoms with Gasteiger partial charge in [-0.05, 0) is 48.9 Å². The molecule has 0 amide bonds. The molecule has 2 aromatic carbocycles. The van der Waals surface area contributed by atoms with Gasteiger partial charge in [0.1, 0.15) is 18.6 Å². The number of methoxy groups -OCH3 is 1. The lowest BCUT2D eigenvalue weighted by Crippen LogP contribution is -2.22. The standard InChI is InChI=1S/C31H39N3O5Si/c1-19-13-25(38-5)27(22-16-26(31(2,3)4)34(28(19)22)30(36)37)29(35)24-15-21-10-9-20(17-32)14-23(21)33(24)18-39-11-12-40(6,7)8/h9-10,13-16,29,35H,11-12,18H2,1-8H3,(H,36,37). The van der Waals surface area contributed by atoms with E-state index in [0.29, 0.717) is 45.8 Å². The number of hydrogen-bond acceptors (Lipinski definition) is 5. The number of aliphatic hydroxyl groups excluding tert-OH is 1. The van der Waals surface area contributed by atoms with E-state index in [1.807, 2.05) is 50.5 Å². The van der Waals surface area contributed by atoms with Gasteiger partial charge < -0.3 is 24.3 Å². The van der Waals surface area contributed by atoms with Gasteiger partial charge in [0, 0.05) is 42.1 Å². The van der Waals surface area contributed by atoms with Crippen molar-refractivity contribution in [2.75, 3.05) is 13.7 Å². The fraction of sp³-hybridized carbons (Fsp3) is 0.419. The number of nitriles is 1. The minimum Gasteiger partial charge on any atom is -0.496 e. The van der Waals surface area contributed by atoms with E-state index in [-0.39, 0.29) is 6.73 Å². The maximum absolute atomic E-state index is 12.5. The van der Waals surface area contributed by atoms with E-state index >= 15 is 0 Å². The topological polar surface area (TPSA) is 110 Å². The monoisotopic (exact) mass is 561 g/mol. The summed E-state index contributed by atoms with van der Waals surface area (Å²) in [7, 11) is 0.240. The molecule has 40 heavy (non-hydrogen) atoms. The van der Waals surface area contributed by atoms with Crippen LogP contribution in [0, 0.1) is 18.3 Å². The van der Waals surface area contributed by atoms with Gasteiger partial charge in [-0.3, -0.25) is 0 Å². The maximum Gasteiger partial charge on any atom is 0.416 e. The molecule has 0 spiro atoms. The summed E-state index contributed by atoms with van der Waals surface area (Å²) in [6.07, 6.45) is -2.24. The second-order valence-corrected chi connectivity index (χ2v) is 18.2.